The van der Waals surface area contributed by atoms with Crippen LogP contribution in [0, 0.1) is 26.2 Å². The summed E-state index contributed by atoms with van der Waals surface area (Å²) in [5.74, 6) is 2.09. The molecule has 0 N–H and O–H groups in total. The molecule has 9 aromatic rings. The average molecular weight is 1100 g/mol. The number of hydrogen-bond acceptors (Lipinski definition) is 4. The standard InChI is InChI=1S/C63H61N4O.CH3.Pt/c1-60(2,3)45-29-30-55-56(36-45)65(41-66(55)49-34-43(42-21-14-12-15-22-42)33-47(35-49)63(10,11)44-23-16-13-17-24-44)48-25-20-26-50(38-48)68-51-39-53(62(7,8)9)59-52-27-18-19-28-54(52)67(57(59)40-51)58-37-46(31-32-64-58)61(4,5)6;;/h12-37,39,41H,1-11H3;1H3;/q-3;-1;+4. The number of aromatic nitrogens is 2. The molecular formula is C64H64N4OPt. The maximum Gasteiger partial charge on any atom is 4.00 e. The number of rotatable bonds is 8. The van der Waals surface area contributed by atoms with Gasteiger partial charge in [0.2, 0.25) is 0 Å². The minimum atomic E-state index is -0.257. The van der Waals surface area contributed by atoms with Crippen LogP contribution in [0.1, 0.15) is 104 Å². The van der Waals surface area contributed by atoms with Crippen LogP contribution in [-0.2, 0) is 42.7 Å². The van der Waals surface area contributed by atoms with E-state index in [-0.39, 0.29) is 50.2 Å². The summed E-state index contributed by atoms with van der Waals surface area (Å²) in [6.07, 6.45) is 1.92. The zero-order valence-electron chi connectivity index (χ0n) is 42.7. The van der Waals surface area contributed by atoms with Gasteiger partial charge in [0.1, 0.15) is 5.82 Å². The van der Waals surface area contributed by atoms with Gasteiger partial charge in [-0.2, -0.15) is 6.07 Å². The summed E-state index contributed by atoms with van der Waals surface area (Å²) >= 11 is 0. The van der Waals surface area contributed by atoms with Gasteiger partial charge in [0.15, 0.2) is 0 Å². The van der Waals surface area contributed by atoms with E-state index >= 15 is 0 Å². The molecule has 0 aliphatic carbocycles. The Labute approximate surface area is 431 Å². The molecule has 0 unspecified atom stereocenters. The molecule has 2 aromatic heterocycles. The van der Waals surface area contributed by atoms with E-state index in [0.717, 1.165) is 45.0 Å². The zero-order valence-corrected chi connectivity index (χ0v) is 45.0. The van der Waals surface area contributed by atoms with E-state index in [1.807, 2.05) is 12.3 Å². The second-order valence-electron chi connectivity index (χ2n) is 22.0. The Hall–Kier alpha value is -6.42. The first-order valence-corrected chi connectivity index (χ1v) is 23.9. The molecule has 0 atom stereocenters. The smallest absolute Gasteiger partial charge is 0.509 e. The number of anilines is 4. The largest absolute Gasteiger partial charge is 4.00 e. The first-order valence-electron chi connectivity index (χ1n) is 23.9. The molecule has 0 spiro atoms. The maximum atomic E-state index is 6.93. The Bertz CT molecular complexity index is 3330. The first-order chi connectivity index (χ1) is 32.3. The fraction of sp³-hybridized carbons (Fsp3) is 0.234. The van der Waals surface area contributed by atoms with Gasteiger partial charge in [-0.1, -0.05) is 178 Å². The molecule has 0 radical (unpaired) electrons. The predicted molar refractivity (Wildman–Crippen MR) is 291 cm³/mol. The van der Waals surface area contributed by atoms with E-state index in [9.17, 15) is 0 Å². The second kappa shape index (κ2) is 18.7. The molecule has 0 saturated heterocycles. The van der Waals surface area contributed by atoms with Crippen molar-refractivity contribution < 1.29 is 25.8 Å². The normalized spacial score (nSPS) is 13.0. The van der Waals surface area contributed by atoms with E-state index in [2.05, 4.69) is 261 Å². The molecule has 0 bridgehead atoms. The van der Waals surface area contributed by atoms with Crippen LogP contribution in [0.5, 0.6) is 11.5 Å². The second-order valence-corrected chi connectivity index (χ2v) is 22.0. The molecule has 1 aliphatic rings. The zero-order chi connectivity index (χ0) is 47.8. The van der Waals surface area contributed by atoms with Gasteiger partial charge in [-0.15, -0.1) is 48.3 Å². The molecule has 6 heteroatoms. The summed E-state index contributed by atoms with van der Waals surface area (Å²) in [4.78, 5) is 9.55. The molecule has 0 amide bonds. The van der Waals surface area contributed by atoms with Crippen molar-refractivity contribution in [3.05, 3.63) is 218 Å². The van der Waals surface area contributed by atoms with Crippen LogP contribution in [0.25, 0.3) is 38.8 Å². The molecule has 10 rings (SSSR count). The minimum absolute atomic E-state index is 0. The molecular weight excluding hydrogens is 1040 g/mol. The van der Waals surface area contributed by atoms with E-state index < -0.39 is 0 Å². The number of para-hydroxylation sites is 1. The molecule has 0 fully saturated rings. The molecule has 70 heavy (non-hydrogen) atoms. The van der Waals surface area contributed by atoms with Crippen LogP contribution >= 0.6 is 0 Å². The van der Waals surface area contributed by atoms with Crippen molar-refractivity contribution >= 4 is 44.6 Å². The van der Waals surface area contributed by atoms with Crippen molar-refractivity contribution in [2.24, 2.45) is 0 Å². The van der Waals surface area contributed by atoms with E-state index in [1.165, 1.54) is 44.3 Å². The molecule has 356 valence electrons. The Balaban J connectivity index is 0.00000329. The van der Waals surface area contributed by atoms with E-state index in [0.29, 0.717) is 11.5 Å². The van der Waals surface area contributed by atoms with Crippen LogP contribution in [0.2, 0.25) is 0 Å². The predicted octanol–water partition coefficient (Wildman–Crippen LogP) is 17.3. The maximum absolute atomic E-state index is 6.93. The van der Waals surface area contributed by atoms with Crippen LogP contribution in [0.3, 0.4) is 0 Å². The third kappa shape index (κ3) is 9.34. The quantitative estimate of drug-likeness (QED) is 0.142. The molecule has 0 saturated carbocycles. The van der Waals surface area contributed by atoms with Crippen LogP contribution in [0.4, 0.5) is 22.7 Å². The fourth-order valence-electron chi connectivity index (χ4n) is 9.59. The van der Waals surface area contributed by atoms with Gasteiger partial charge in [-0.05, 0) is 97.5 Å². The number of pyridine rings is 1. The Morgan fingerprint density at radius 2 is 1.19 bits per heavy atom. The topological polar surface area (TPSA) is 33.5 Å². The summed E-state index contributed by atoms with van der Waals surface area (Å²) in [5.41, 5.74) is 14.1. The summed E-state index contributed by atoms with van der Waals surface area (Å²) in [6, 6.07) is 64.2. The number of benzene rings is 7. The number of fused-ring (bicyclic) bond motifs is 4. The third-order valence-corrected chi connectivity index (χ3v) is 13.7. The van der Waals surface area contributed by atoms with E-state index in [4.69, 9.17) is 9.72 Å². The molecule has 7 aromatic carbocycles. The summed E-state index contributed by atoms with van der Waals surface area (Å²) in [7, 11) is 0. The molecule has 1 aliphatic heterocycles. The monoisotopic (exact) mass is 1100 g/mol. The Kier molecular flexibility index (Phi) is 13.4. The number of hydrogen-bond donors (Lipinski definition) is 0. The van der Waals surface area contributed by atoms with Crippen molar-refractivity contribution in [3.8, 4) is 28.4 Å². The fourth-order valence-corrected chi connectivity index (χ4v) is 9.59. The van der Waals surface area contributed by atoms with Gasteiger partial charge in [-0.3, -0.25) is 0 Å². The van der Waals surface area contributed by atoms with Gasteiger partial charge in [0.25, 0.3) is 0 Å². The van der Waals surface area contributed by atoms with Gasteiger partial charge >= 0.3 is 21.1 Å². The van der Waals surface area contributed by atoms with Gasteiger partial charge < -0.3 is 26.5 Å². The van der Waals surface area contributed by atoms with Crippen molar-refractivity contribution in [2.45, 2.75) is 97.8 Å². The van der Waals surface area contributed by atoms with Gasteiger partial charge in [-0.25, -0.2) is 4.98 Å². The van der Waals surface area contributed by atoms with Crippen LogP contribution < -0.4 is 14.5 Å². The third-order valence-electron chi connectivity index (χ3n) is 13.7. The summed E-state index contributed by atoms with van der Waals surface area (Å²) in [5, 5.41) is 2.32. The first kappa shape index (κ1) is 50.0. The van der Waals surface area contributed by atoms with Crippen LogP contribution in [0.15, 0.2) is 164 Å². The van der Waals surface area contributed by atoms with Crippen LogP contribution in [-0.4, -0.2) is 9.55 Å². The average Bonchev–Trinajstić information content (AvgIpc) is 3.87. The SMILES string of the molecule is CC(C)(C)c1ccnc(-n2c3[c-]c(Oc4[c-]c(N5[CH-]N(c6cc(-c7ccccc7)cc(C(C)(C)c7ccccc7)c6)c6ccc(C(C)(C)C)cc65)ccc4)cc(C(C)(C)C)c3c3ccccc32)c1.[CH3-].[Pt+4]. The van der Waals surface area contributed by atoms with Gasteiger partial charge in [0, 0.05) is 45.7 Å². The van der Waals surface area contributed by atoms with Crippen molar-refractivity contribution in [3.63, 3.8) is 0 Å². The number of ether oxygens (including phenoxy) is 1. The number of nitrogens with zero attached hydrogens (tertiary/aromatic N) is 4. The van der Waals surface area contributed by atoms with Crippen molar-refractivity contribution in [1.29, 1.82) is 0 Å². The molecule has 3 heterocycles. The van der Waals surface area contributed by atoms with E-state index in [1.54, 1.807) is 0 Å². The van der Waals surface area contributed by atoms with Gasteiger partial charge in [0.05, 0.1) is 0 Å². The molecule has 5 nitrogen and oxygen atoms in total. The van der Waals surface area contributed by atoms with Crippen molar-refractivity contribution in [2.75, 3.05) is 9.80 Å². The summed E-state index contributed by atoms with van der Waals surface area (Å²) in [6.45, 7) is 27.2. The van der Waals surface area contributed by atoms with Crippen molar-refractivity contribution in [1.82, 2.24) is 9.55 Å². The summed E-state index contributed by atoms with van der Waals surface area (Å²) < 4.78 is 9.17. The Morgan fingerprint density at radius 3 is 1.89 bits per heavy atom. The Morgan fingerprint density at radius 1 is 0.514 bits per heavy atom. The minimum Gasteiger partial charge on any atom is -0.509 e.